The van der Waals surface area contributed by atoms with Crippen LogP contribution >= 0.6 is 11.6 Å². The van der Waals surface area contributed by atoms with E-state index in [1.807, 2.05) is 24.3 Å². The first-order chi connectivity index (χ1) is 8.65. The molecule has 3 N–H and O–H groups in total. The number of carbonyl (C=O) groups is 1. The Bertz CT molecular complexity index is 535. The number of anilines is 1. The van der Waals surface area contributed by atoms with Crippen molar-refractivity contribution in [3.8, 4) is 0 Å². The van der Waals surface area contributed by atoms with E-state index in [-0.39, 0.29) is 5.91 Å². The largest absolute Gasteiger partial charge is 0.399 e. The number of hydrogen-bond donors (Lipinski definition) is 2. The Morgan fingerprint density at radius 2 is 1.67 bits per heavy atom. The fraction of sp³-hybridized carbons (Fsp3) is 0.0714. The molecule has 0 aromatic heterocycles. The molecular formula is C14H13ClN2O. The van der Waals surface area contributed by atoms with Crippen molar-refractivity contribution in [2.45, 2.75) is 6.54 Å². The second kappa shape index (κ2) is 5.56. The molecule has 0 fully saturated rings. The summed E-state index contributed by atoms with van der Waals surface area (Å²) < 4.78 is 0. The van der Waals surface area contributed by atoms with Crippen molar-refractivity contribution in [3.63, 3.8) is 0 Å². The molecule has 0 saturated heterocycles. The zero-order chi connectivity index (χ0) is 13.0. The molecule has 0 aliphatic rings. The van der Waals surface area contributed by atoms with Crippen LogP contribution in [0.3, 0.4) is 0 Å². The number of nitrogens with one attached hydrogen (secondary N) is 1. The Morgan fingerprint density at radius 3 is 2.28 bits per heavy atom. The smallest absolute Gasteiger partial charge is 0.251 e. The second-order valence-corrected chi connectivity index (χ2v) is 4.37. The number of carbonyl (C=O) groups excluding carboxylic acids is 1. The highest BCUT2D eigenvalue weighted by atomic mass is 35.5. The maximum absolute atomic E-state index is 11.8. The van der Waals surface area contributed by atoms with Gasteiger partial charge in [-0.15, -0.1) is 0 Å². The summed E-state index contributed by atoms with van der Waals surface area (Å²) in [6.07, 6.45) is 0. The van der Waals surface area contributed by atoms with Gasteiger partial charge in [-0.3, -0.25) is 4.79 Å². The lowest BCUT2D eigenvalue weighted by Crippen LogP contribution is -2.22. The average molecular weight is 261 g/mol. The molecule has 0 spiro atoms. The van der Waals surface area contributed by atoms with E-state index in [1.54, 1.807) is 24.3 Å². The lowest BCUT2D eigenvalue weighted by molar-refractivity contribution is 0.0951. The van der Waals surface area contributed by atoms with Gasteiger partial charge in [0.1, 0.15) is 0 Å². The van der Waals surface area contributed by atoms with Crippen LogP contribution in [0, 0.1) is 0 Å². The van der Waals surface area contributed by atoms with Crippen molar-refractivity contribution in [2.24, 2.45) is 0 Å². The van der Waals surface area contributed by atoms with E-state index in [2.05, 4.69) is 5.32 Å². The van der Waals surface area contributed by atoms with Gasteiger partial charge in [0.05, 0.1) is 0 Å². The van der Waals surface area contributed by atoms with Gasteiger partial charge in [0.25, 0.3) is 5.91 Å². The lowest BCUT2D eigenvalue weighted by Gasteiger charge is -2.05. The molecule has 92 valence electrons. The number of hydrogen-bond acceptors (Lipinski definition) is 2. The van der Waals surface area contributed by atoms with E-state index in [9.17, 15) is 4.79 Å². The standard InChI is InChI=1S/C14H13ClN2O/c15-12-5-3-11(4-6-12)14(18)17-9-10-1-7-13(16)8-2-10/h1-8H,9,16H2,(H,17,18). The summed E-state index contributed by atoms with van der Waals surface area (Å²) in [5.74, 6) is -0.122. The summed E-state index contributed by atoms with van der Waals surface area (Å²) in [4.78, 5) is 11.8. The van der Waals surface area contributed by atoms with E-state index >= 15 is 0 Å². The quantitative estimate of drug-likeness (QED) is 0.834. The molecule has 1 amide bonds. The second-order valence-electron chi connectivity index (χ2n) is 3.93. The van der Waals surface area contributed by atoms with Gasteiger partial charge in [-0.1, -0.05) is 23.7 Å². The molecule has 0 heterocycles. The van der Waals surface area contributed by atoms with Crippen LogP contribution in [0.2, 0.25) is 5.02 Å². The number of benzene rings is 2. The van der Waals surface area contributed by atoms with Gasteiger partial charge in [-0.25, -0.2) is 0 Å². The summed E-state index contributed by atoms with van der Waals surface area (Å²) in [5.41, 5.74) is 7.90. The zero-order valence-electron chi connectivity index (χ0n) is 9.69. The van der Waals surface area contributed by atoms with E-state index in [0.717, 1.165) is 5.56 Å². The summed E-state index contributed by atoms with van der Waals surface area (Å²) >= 11 is 5.76. The first-order valence-electron chi connectivity index (χ1n) is 5.53. The highest BCUT2D eigenvalue weighted by Gasteiger charge is 2.04. The van der Waals surface area contributed by atoms with Crippen LogP contribution < -0.4 is 11.1 Å². The third-order valence-electron chi connectivity index (χ3n) is 2.54. The normalized spacial score (nSPS) is 10.1. The molecule has 0 bridgehead atoms. The zero-order valence-corrected chi connectivity index (χ0v) is 10.4. The summed E-state index contributed by atoms with van der Waals surface area (Å²) in [6, 6.07) is 14.2. The van der Waals surface area contributed by atoms with Crippen molar-refractivity contribution < 1.29 is 4.79 Å². The van der Waals surface area contributed by atoms with Crippen LogP contribution in [0.25, 0.3) is 0 Å². The van der Waals surface area contributed by atoms with Crippen molar-refractivity contribution >= 4 is 23.2 Å². The highest BCUT2D eigenvalue weighted by Crippen LogP contribution is 2.10. The van der Waals surface area contributed by atoms with E-state index in [4.69, 9.17) is 17.3 Å². The monoisotopic (exact) mass is 260 g/mol. The van der Waals surface area contributed by atoms with Gasteiger partial charge < -0.3 is 11.1 Å². The topological polar surface area (TPSA) is 55.1 Å². The van der Waals surface area contributed by atoms with Gasteiger partial charge in [0.15, 0.2) is 0 Å². The molecule has 0 atom stereocenters. The van der Waals surface area contributed by atoms with E-state index in [1.165, 1.54) is 0 Å². The van der Waals surface area contributed by atoms with Crippen molar-refractivity contribution in [1.82, 2.24) is 5.32 Å². The van der Waals surface area contributed by atoms with Gasteiger partial charge in [-0.05, 0) is 42.0 Å². The summed E-state index contributed by atoms with van der Waals surface area (Å²) in [6.45, 7) is 0.474. The van der Waals surface area contributed by atoms with E-state index < -0.39 is 0 Å². The van der Waals surface area contributed by atoms with Gasteiger partial charge in [-0.2, -0.15) is 0 Å². The van der Waals surface area contributed by atoms with Gasteiger partial charge in [0, 0.05) is 22.8 Å². The molecule has 18 heavy (non-hydrogen) atoms. The average Bonchev–Trinajstić information content (AvgIpc) is 2.38. The molecule has 0 aliphatic heterocycles. The number of amides is 1. The Kier molecular flexibility index (Phi) is 3.85. The molecule has 2 aromatic carbocycles. The van der Waals surface area contributed by atoms with Gasteiger partial charge in [0.2, 0.25) is 0 Å². The number of halogens is 1. The minimum Gasteiger partial charge on any atom is -0.399 e. The Morgan fingerprint density at radius 1 is 1.06 bits per heavy atom. The Hall–Kier alpha value is -2.00. The van der Waals surface area contributed by atoms with Crippen LogP contribution in [0.15, 0.2) is 48.5 Å². The van der Waals surface area contributed by atoms with Crippen molar-refractivity contribution in [1.29, 1.82) is 0 Å². The summed E-state index contributed by atoms with van der Waals surface area (Å²) in [7, 11) is 0. The molecule has 3 nitrogen and oxygen atoms in total. The SMILES string of the molecule is Nc1ccc(CNC(=O)c2ccc(Cl)cc2)cc1. The predicted octanol–water partition coefficient (Wildman–Crippen LogP) is 2.85. The first-order valence-corrected chi connectivity index (χ1v) is 5.91. The Labute approximate surface area is 111 Å². The maximum atomic E-state index is 11.8. The first kappa shape index (κ1) is 12.5. The molecule has 4 heteroatoms. The van der Waals surface area contributed by atoms with Crippen molar-refractivity contribution in [3.05, 3.63) is 64.7 Å². The Balaban J connectivity index is 1.96. The predicted molar refractivity (Wildman–Crippen MR) is 73.5 cm³/mol. The van der Waals surface area contributed by atoms with Gasteiger partial charge >= 0.3 is 0 Å². The van der Waals surface area contributed by atoms with Crippen LogP contribution in [0.4, 0.5) is 5.69 Å². The fourth-order valence-corrected chi connectivity index (χ4v) is 1.65. The van der Waals surface area contributed by atoms with Crippen LogP contribution in [-0.2, 0) is 6.54 Å². The van der Waals surface area contributed by atoms with Crippen LogP contribution in [-0.4, -0.2) is 5.91 Å². The third-order valence-corrected chi connectivity index (χ3v) is 2.79. The van der Waals surface area contributed by atoms with Crippen molar-refractivity contribution in [2.75, 3.05) is 5.73 Å². The molecular weight excluding hydrogens is 248 g/mol. The molecule has 0 radical (unpaired) electrons. The number of nitrogens with two attached hydrogens (primary N) is 1. The highest BCUT2D eigenvalue weighted by molar-refractivity contribution is 6.30. The third kappa shape index (κ3) is 3.25. The number of rotatable bonds is 3. The van der Waals surface area contributed by atoms with Crippen LogP contribution in [0.1, 0.15) is 15.9 Å². The fourth-order valence-electron chi connectivity index (χ4n) is 1.52. The molecule has 2 aromatic rings. The minimum absolute atomic E-state index is 0.122. The van der Waals surface area contributed by atoms with Crippen LogP contribution in [0.5, 0.6) is 0 Å². The number of nitrogen functional groups attached to an aromatic ring is 1. The summed E-state index contributed by atoms with van der Waals surface area (Å²) in [5, 5.41) is 3.45. The maximum Gasteiger partial charge on any atom is 0.251 e. The molecule has 0 unspecified atom stereocenters. The molecule has 0 aliphatic carbocycles. The molecule has 0 saturated carbocycles. The lowest BCUT2D eigenvalue weighted by atomic mass is 10.2. The van der Waals surface area contributed by atoms with E-state index in [0.29, 0.717) is 22.8 Å². The minimum atomic E-state index is -0.122. The molecule has 2 rings (SSSR count).